The number of para-hydroxylation sites is 1. The number of aromatic hydroxyl groups is 1. The van der Waals surface area contributed by atoms with Crippen LogP contribution in [0.15, 0.2) is 41.3 Å². The van der Waals surface area contributed by atoms with Gasteiger partial charge in [-0.1, -0.05) is 35.3 Å². The molecule has 0 bridgehead atoms. The monoisotopic (exact) mass is 357 g/mol. The second kappa shape index (κ2) is 5.15. The number of nitrogens with one attached hydrogen (secondary N) is 1. The number of ketones is 1. The Balaban J connectivity index is 2.05. The van der Waals surface area contributed by atoms with Crippen molar-refractivity contribution in [2.45, 2.75) is 10.3 Å². The summed E-state index contributed by atoms with van der Waals surface area (Å²) >= 11 is 11.5. The molecule has 2 N–H and O–H groups in total. The number of phenols is 1. The van der Waals surface area contributed by atoms with E-state index in [0.717, 1.165) is 0 Å². The van der Waals surface area contributed by atoms with E-state index in [9.17, 15) is 18.3 Å². The maximum absolute atomic E-state index is 12.5. The molecule has 0 amide bonds. The average molecular weight is 358 g/mol. The van der Waals surface area contributed by atoms with E-state index < -0.39 is 21.0 Å². The number of phenolic OH excluding ortho intramolecular Hbond substituents is 1. The topological polar surface area (TPSA) is 83.5 Å². The van der Waals surface area contributed by atoms with Gasteiger partial charge in [-0.3, -0.25) is 4.79 Å². The number of sulfone groups is 1. The Morgan fingerprint density at radius 1 is 1.14 bits per heavy atom. The molecule has 22 heavy (non-hydrogen) atoms. The van der Waals surface area contributed by atoms with E-state index in [1.807, 2.05) is 0 Å². The number of carbonyl (C=O) groups is 1. The summed E-state index contributed by atoms with van der Waals surface area (Å²) in [7, 11) is -3.84. The fourth-order valence-corrected chi connectivity index (χ4v) is 4.39. The van der Waals surface area contributed by atoms with Gasteiger partial charge in [0.15, 0.2) is 11.1 Å². The van der Waals surface area contributed by atoms with Crippen LogP contribution >= 0.6 is 23.2 Å². The number of hydrogen-bond donors (Lipinski definition) is 2. The molecule has 0 saturated heterocycles. The van der Waals surface area contributed by atoms with Gasteiger partial charge >= 0.3 is 0 Å². The molecule has 1 heterocycles. The van der Waals surface area contributed by atoms with Crippen molar-refractivity contribution in [3.05, 3.63) is 52.0 Å². The summed E-state index contributed by atoms with van der Waals surface area (Å²) in [4.78, 5) is 12.6. The van der Waals surface area contributed by atoms with Gasteiger partial charge in [0.25, 0.3) is 0 Å². The molecule has 0 aliphatic carbocycles. The van der Waals surface area contributed by atoms with Crippen LogP contribution in [-0.2, 0) is 9.84 Å². The number of anilines is 1. The van der Waals surface area contributed by atoms with Crippen LogP contribution in [0.1, 0.15) is 10.4 Å². The van der Waals surface area contributed by atoms with Gasteiger partial charge < -0.3 is 10.4 Å². The molecule has 3 rings (SSSR count). The maximum atomic E-state index is 12.5. The molecule has 0 spiro atoms. The second-order valence-electron chi connectivity index (χ2n) is 4.72. The van der Waals surface area contributed by atoms with Crippen molar-refractivity contribution in [1.82, 2.24) is 0 Å². The van der Waals surface area contributed by atoms with Crippen LogP contribution in [0.25, 0.3) is 0 Å². The zero-order chi connectivity index (χ0) is 16.1. The van der Waals surface area contributed by atoms with Gasteiger partial charge in [-0.2, -0.15) is 0 Å². The zero-order valence-electron chi connectivity index (χ0n) is 10.9. The molecule has 1 aliphatic rings. The molecule has 1 atom stereocenters. The number of benzene rings is 2. The van der Waals surface area contributed by atoms with Gasteiger partial charge in [0.2, 0.25) is 15.6 Å². The van der Waals surface area contributed by atoms with Gasteiger partial charge in [-0.25, -0.2) is 8.42 Å². The van der Waals surface area contributed by atoms with E-state index in [4.69, 9.17) is 23.2 Å². The number of fused-ring (bicyclic) bond motifs is 1. The minimum absolute atomic E-state index is 0.00156. The highest BCUT2D eigenvalue weighted by atomic mass is 35.5. The highest BCUT2D eigenvalue weighted by Crippen LogP contribution is 2.37. The fourth-order valence-electron chi connectivity index (χ4n) is 2.25. The Bertz CT molecular complexity index is 872. The minimum atomic E-state index is -3.84. The number of halogens is 2. The quantitative estimate of drug-likeness (QED) is 0.806. The van der Waals surface area contributed by atoms with Gasteiger partial charge in [-0.05, 0) is 24.3 Å². The van der Waals surface area contributed by atoms with Crippen LogP contribution in [0, 0.1) is 0 Å². The third-order valence-electron chi connectivity index (χ3n) is 3.33. The van der Waals surface area contributed by atoms with Crippen LogP contribution in [0.2, 0.25) is 10.0 Å². The molecule has 2 aromatic carbocycles. The predicted molar refractivity (Wildman–Crippen MR) is 83.5 cm³/mol. The molecule has 0 saturated carbocycles. The van der Waals surface area contributed by atoms with Crippen molar-refractivity contribution in [3.8, 4) is 5.75 Å². The summed E-state index contributed by atoms with van der Waals surface area (Å²) < 4.78 is 24.9. The Morgan fingerprint density at radius 2 is 1.73 bits per heavy atom. The molecule has 0 fully saturated rings. The molecule has 114 valence electrons. The molecule has 8 heteroatoms. The van der Waals surface area contributed by atoms with Gasteiger partial charge in [0.05, 0.1) is 20.6 Å². The number of carbonyl (C=O) groups excluding carboxylic acids is 1. The Morgan fingerprint density at radius 3 is 2.32 bits per heavy atom. The van der Waals surface area contributed by atoms with E-state index in [-0.39, 0.29) is 26.3 Å². The Hall–Kier alpha value is -1.76. The lowest BCUT2D eigenvalue weighted by atomic mass is 10.1. The minimum Gasteiger partial charge on any atom is -0.505 e. The third-order valence-corrected chi connectivity index (χ3v) is 5.83. The number of rotatable bonds is 2. The summed E-state index contributed by atoms with van der Waals surface area (Å²) in [6, 6.07) is 8.64. The molecule has 0 radical (unpaired) electrons. The summed E-state index contributed by atoms with van der Waals surface area (Å²) in [5.74, 6) is -1.05. The molecule has 1 aliphatic heterocycles. The molecule has 2 aromatic rings. The lowest BCUT2D eigenvalue weighted by molar-refractivity contribution is 0.0994. The van der Waals surface area contributed by atoms with Gasteiger partial charge in [-0.15, -0.1) is 0 Å². The Kier molecular flexibility index (Phi) is 3.55. The molecule has 5 nitrogen and oxygen atoms in total. The highest BCUT2D eigenvalue weighted by molar-refractivity contribution is 7.93. The first-order chi connectivity index (χ1) is 10.3. The fraction of sp³-hybridized carbons (Fsp3) is 0.0714. The SMILES string of the molecule is O=C(c1cc(Cl)c(O)c(Cl)c1)C1Nc2ccccc2S1(=O)=O. The predicted octanol–water partition coefficient (Wildman–Crippen LogP) is 3.11. The van der Waals surface area contributed by atoms with E-state index >= 15 is 0 Å². The van der Waals surface area contributed by atoms with E-state index in [1.165, 1.54) is 18.2 Å². The number of Topliss-reactive ketones (excluding diaryl/α,β-unsaturated/α-hetero) is 1. The van der Waals surface area contributed by atoms with Crippen molar-refractivity contribution in [1.29, 1.82) is 0 Å². The molecular formula is C14H9Cl2NO4S. The summed E-state index contributed by atoms with van der Waals surface area (Å²) in [6.07, 6.45) is 0. The molecular weight excluding hydrogens is 349 g/mol. The first-order valence-electron chi connectivity index (χ1n) is 6.14. The van der Waals surface area contributed by atoms with Crippen molar-refractivity contribution >= 4 is 44.5 Å². The highest BCUT2D eigenvalue weighted by Gasteiger charge is 2.41. The van der Waals surface area contributed by atoms with Crippen LogP contribution in [-0.4, -0.2) is 24.7 Å². The first-order valence-corrected chi connectivity index (χ1v) is 8.44. The summed E-state index contributed by atoms with van der Waals surface area (Å²) in [5.41, 5.74) is 0.374. The average Bonchev–Trinajstić information content (AvgIpc) is 2.75. The van der Waals surface area contributed by atoms with Crippen LogP contribution < -0.4 is 5.32 Å². The van der Waals surface area contributed by atoms with Crippen molar-refractivity contribution in [2.75, 3.05) is 5.32 Å². The van der Waals surface area contributed by atoms with Crippen molar-refractivity contribution in [2.24, 2.45) is 0 Å². The standard InChI is InChI=1S/C14H9Cl2NO4S/c15-8-5-7(6-9(16)13(8)19)12(18)14-17-10-3-1-2-4-11(10)22(14,20)21/h1-6,14,17,19H. The van der Waals surface area contributed by atoms with E-state index in [0.29, 0.717) is 5.69 Å². The molecule has 1 unspecified atom stereocenters. The largest absolute Gasteiger partial charge is 0.505 e. The van der Waals surface area contributed by atoms with E-state index in [2.05, 4.69) is 5.32 Å². The third kappa shape index (κ3) is 2.24. The first kappa shape index (κ1) is 15.1. The van der Waals surface area contributed by atoms with Crippen molar-refractivity contribution in [3.63, 3.8) is 0 Å². The Labute approximate surface area is 136 Å². The summed E-state index contributed by atoms with van der Waals surface area (Å²) in [6.45, 7) is 0. The number of hydrogen-bond acceptors (Lipinski definition) is 5. The van der Waals surface area contributed by atoms with Gasteiger partial charge in [0, 0.05) is 5.56 Å². The van der Waals surface area contributed by atoms with Crippen LogP contribution in [0.4, 0.5) is 5.69 Å². The lowest BCUT2D eigenvalue weighted by Crippen LogP contribution is -2.32. The van der Waals surface area contributed by atoms with Crippen molar-refractivity contribution < 1.29 is 18.3 Å². The molecule has 0 aromatic heterocycles. The normalized spacial score (nSPS) is 18.5. The smallest absolute Gasteiger partial charge is 0.208 e. The summed E-state index contributed by atoms with van der Waals surface area (Å²) in [5, 5.41) is 10.5. The van der Waals surface area contributed by atoms with E-state index in [1.54, 1.807) is 18.2 Å². The lowest BCUT2D eigenvalue weighted by Gasteiger charge is -2.11. The van der Waals surface area contributed by atoms with Gasteiger partial charge in [0.1, 0.15) is 0 Å². The second-order valence-corrected chi connectivity index (χ2v) is 7.53. The van der Waals surface area contributed by atoms with Crippen LogP contribution in [0.3, 0.4) is 0 Å². The van der Waals surface area contributed by atoms with Crippen LogP contribution in [0.5, 0.6) is 5.75 Å². The maximum Gasteiger partial charge on any atom is 0.208 e. The zero-order valence-corrected chi connectivity index (χ0v) is 13.2.